The van der Waals surface area contributed by atoms with Gasteiger partial charge in [0.15, 0.2) is 0 Å². The molecule has 0 aliphatic carbocycles. The van der Waals surface area contributed by atoms with Gasteiger partial charge in [-0.1, -0.05) is 28.4 Å². The Hall–Kier alpha value is -1.15. The molecule has 112 valence electrons. The topological polar surface area (TPSA) is 68.1 Å². The average molecular weight is 347 g/mol. The first-order chi connectivity index (χ1) is 9.98. The number of benzene rings is 1. The van der Waals surface area contributed by atoms with Crippen LogP contribution in [-0.2, 0) is 10.0 Å². The van der Waals surface area contributed by atoms with E-state index in [1.807, 2.05) is 0 Å². The summed E-state index contributed by atoms with van der Waals surface area (Å²) in [7, 11) is -3.66. The van der Waals surface area contributed by atoms with Gasteiger partial charge in [-0.25, -0.2) is 13.1 Å². The highest BCUT2D eigenvalue weighted by Gasteiger charge is 2.34. The molecule has 3 rings (SSSR count). The van der Waals surface area contributed by atoms with Crippen LogP contribution in [0.15, 0.2) is 35.5 Å². The van der Waals surface area contributed by atoms with Crippen LogP contribution in [0.5, 0.6) is 0 Å². The summed E-state index contributed by atoms with van der Waals surface area (Å²) < 4.78 is 28.4. The number of aromatic nitrogens is 3. The molecule has 2 heterocycles. The zero-order valence-corrected chi connectivity index (χ0v) is 13.2. The SMILES string of the molecule is O=S(=O)(c1cc(Cl)ccc1Cl)N1CC[C@H](n2ccnn2)C1. The summed E-state index contributed by atoms with van der Waals surface area (Å²) in [5.74, 6) is 0. The highest BCUT2D eigenvalue weighted by atomic mass is 35.5. The summed E-state index contributed by atoms with van der Waals surface area (Å²) in [6.45, 7) is 0.754. The van der Waals surface area contributed by atoms with E-state index in [2.05, 4.69) is 10.3 Å². The first-order valence-electron chi connectivity index (χ1n) is 6.29. The standard InChI is InChI=1S/C12H12Cl2N4O2S/c13-9-1-2-11(14)12(7-9)21(19,20)17-5-3-10(8-17)18-6-4-15-16-18/h1-2,4,6-7,10H,3,5,8H2/t10-/m0/s1. The maximum Gasteiger partial charge on any atom is 0.244 e. The molecule has 1 aromatic heterocycles. The number of halogens is 2. The molecule has 9 heteroatoms. The van der Waals surface area contributed by atoms with Gasteiger partial charge in [0, 0.05) is 24.3 Å². The normalized spacial score (nSPS) is 20.0. The minimum atomic E-state index is -3.66. The smallest absolute Gasteiger partial charge is 0.244 e. The van der Waals surface area contributed by atoms with Gasteiger partial charge in [0.1, 0.15) is 4.90 Å². The predicted molar refractivity (Wildman–Crippen MR) is 78.9 cm³/mol. The third kappa shape index (κ3) is 2.78. The number of nitrogens with zero attached hydrogens (tertiary/aromatic N) is 4. The van der Waals surface area contributed by atoms with Crippen molar-refractivity contribution < 1.29 is 8.42 Å². The van der Waals surface area contributed by atoms with Crippen LogP contribution in [0.4, 0.5) is 0 Å². The summed E-state index contributed by atoms with van der Waals surface area (Å²) in [6.07, 6.45) is 3.99. The van der Waals surface area contributed by atoms with Crippen molar-refractivity contribution in [3.63, 3.8) is 0 Å². The lowest BCUT2D eigenvalue weighted by molar-refractivity contribution is 0.428. The second-order valence-electron chi connectivity index (χ2n) is 4.76. The first-order valence-corrected chi connectivity index (χ1v) is 8.49. The Balaban J connectivity index is 1.88. The zero-order valence-electron chi connectivity index (χ0n) is 10.9. The van der Waals surface area contributed by atoms with Crippen LogP contribution in [0.25, 0.3) is 0 Å². The molecule has 1 aromatic carbocycles. The van der Waals surface area contributed by atoms with E-state index in [0.717, 1.165) is 0 Å². The largest absolute Gasteiger partial charge is 0.248 e. The van der Waals surface area contributed by atoms with Gasteiger partial charge in [0.25, 0.3) is 0 Å². The van der Waals surface area contributed by atoms with Gasteiger partial charge < -0.3 is 0 Å². The molecule has 1 saturated heterocycles. The molecule has 0 spiro atoms. The van der Waals surface area contributed by atoms with Crippen molar-refractivity contribution in [2.45, 2.75) is 17.4 Å². The van der Waals surface area contributed by atoms with Crippen molar-refractivity contribution in [2.24, 2.45) is 0 Å². The molecule has 2 aromatic rings. The molecule has 6 nitrogen and oxygen atoms in total. The van der Waals surface area contributed by atoms with E-state index in [1.165, 1.54) is 16.4 Å². The summed E-state index contributed by atoms with van der Waals surface area (Å²) in [5, 5.41) is 8.17. The van der Waals surface area contributed by atoms with Crippen molar-refractivity contribution in [3.8, 4) is 0 Å². The van der Waals surface area contributed by atoms with Crippen molar-refractivity contribution in [1.82, 2.24) is 19.3 Å². The van der Waals surface area contributed by atoms with E-state index in [1.54, 1.807) is 23.1 Å². The van der Waals surface area contributed by atoms with E-state index in [4.69, 9.17) is 23.2 Å². The minimum absolute atomic E-state index is 0.0137. The van der Waals surface area contributed by atoms with Gasteiger partial charge in [-0.15, -0.1) is 5.10 Å². The minimum Gasteiger partial charge on any atom is -0.248 e. The number of sulfonamides is 1. The number of rotatable bonds is 3. The van der Waals surface area contributed by atoms with Gasteiger partial charge in [-0.2, -0.15) is 4.31 Å². The fourth-order valence-electron chi connectivity index (χ4n) is 2.37. The maximum absolute atomic E-state index is 12.7. The molecule has 0 amide bonds. The first kappa shape index (κ1) is 14.8. The molecular weight excluding hydrogens is 335 g/mol. The predicted octanol–water partition coefficient (Wildman–Crippen LogP) is 2.22. The Bertz CT molecular complexity index is 749. The molecule has 0 radical (unpaired) electrons. The maximum atomic E-state index is 12.7. The van der Waals surface area contributed by atoms with E-state index in [0.29, 0.717) is 24.5 Å². The Morgan fingerprint density at radius 3 is 2.81 bits per heavy atom. The lowest BCUT2D eigenvalue weighted by Crippen LogP contribution is -2.29. The summed E-state index contributed by atoms with van der Waals surface area (Å²) in [4.78, 5) is 0.0379. The van der Waals surface area contributed by atoms with Gasteiger partial charge in [-0.3, -0.25) is 0 Å². The van der Waals surface area contributed by atoms with Gasteiger partial charge in [0.05, 0.1) is 17.3 Å². The number of hydrogen-bond acceptors (Lipinski definition) is 4. The molecule has 1 aliphatic heterocycles. The summed E-state index contributed by atoms with van der Waals surface area (Å²) in [5.41, 5.74) is 0. The molecule has 1 fully saturated rings. The Morgan fingerprint density at radius 2 is 2.10 bits per heavy atom. The molecular formula is C12H12Cl2N4O2S. The van der Waals surface area contributed by atoms with Crippen molar-refractivity contribution in [1.29, 1.82) is 0 Å². The highest BCUT2D eigenvalue weighted by Crippen LogP contribution is 2.31. The van der Waals surface area contributed by atoms with Crippen LogP contribution in [0.1, 0.15) is 12.5 Å². The van der Waals surface area contributed by atoms with Crippen LogP contribution in [-0.4, -0.2) is 40.8 Å². The van der Waals surface area contributed by atoms with Crippen LogP contribution < -0.4 is 0 Å². The van der Waals surface area contributed by atoms with E-state index >= 15 is 0 Å². The molecule has 0 saturated carbocycles. The van der Waals surface area contributed by atoms with E-state index in [9.17, 15) is 8.42 Å². The lowest BCUT2D eigenvalue weighted by atomic mass is 10.3. The molecule has 1 aliphatic rings. The molecule has 0 bridgehead atoms. The lowest BCUT2D eigenvalue weighted by Gasteiger charge is -2.17. The van der Waals surface area contributed by atoms with E-state index in [-0.39, 0.29) is 16.0 Å². The van der Waals surface area contributed by atoms with Crippen molar-refractivity contribution >= 4 is 33.2 Å². The monoisotopic (exact) mass is 346 g/mol. The Morgan fingerprint density at radius 1 is 1.29 bits per heavy atom. The highest BCUT2D eigenvalue weighted by molar-refractivity contribution is 7.89. The third-order valence-corrected chi connectivity index (χ3v) is 6.03. The molecule has 0 unspecified atom stereocenters. The van der Waals surface area contributed by atoms with Crippen LogP contribution in [0, 0.1) is 0 Å². The molecule has 21 heavy (non-hydrogen) atoms. The van der Waals surface area contributed by atoms with Gasteiger partial charge in [0.2, 0.25) is 10.0 Å². The Kier molecular flexibility index (Phi) is 3.92. The number of hydrogen-bond donors (Lipinski definition) is 0. The van der Waals surface area contributed by atoms with Crippen LogP contribution in [0.2, 0.25) is 10.0 Å². The zero-order chi connectivity index (χ0) is 15.0. The van der Waals surface area contributed by atoms with Gasteiger partial charge in [-0.05, 0) is 24.6 Å². The fraction of sp³-hybridized carbons (Fsp3) is 0.333. The second-order valence-corrected chi connectivity index (χ2v) is 7.51. The van der Waals surface area contributed by atoms with Crippen molar-refractivity contribution in [3.05, 3.63) is 40.6 Å². The van der Waals surface area contributed by atoms with E-state index < -0.39 is 10.0 Å². The third-order valence-electron chi connectivity index (χ3n) is 3.45. The Labute approximate surface area is 132 Å². The second kappa shape index (κ2) is 5.57. The summed E-state index contributed by atoms with van der Waals surface area (Å²) in [6, 6.07) is 4.41. The van der Waals surface area contributed by atoms with Crippen LogP contribution in [0.3, 0.4) is 0 Å². The fourth-order valence-corrected chi connectivity index (χ4v) is 4.60. The summed E-state index contributed by atoms with van der Waals surface area (Å²) >= 11 is 11.9. The van der Waals surface area contributed by atoms with Crippen LogP contribution >= 0.6 is 23.2 Å². The quantitative estimate of drug-likeness (QED) is 0.854. The average Bonchev–Trinajstić information content (AvgIpc) is 3.11. The molecule has 0 N–H and O–H groups in total. The van der Waals surface area contributed by atoms with Gasteiger partial charge >= 0.3 is 0 Å². The van der Waals surface area contributed by atoms with Crippen molar-refractivity contribution in [2.75, 3.05) is 13.1 Å². The molecule has 1 atom stereocenters.